The minimum absolute atomic E-state index is 0.641. The fourth-order valence-electron chi connectivity index (χ4n) is 2.65. The summed E-state index contributed by atoms with van der Waals surface area (Å²) in [5.41, 5.74) is 4.83. The highest BCUT2D eigenvalue weighted by atomic mass is 16.1. The topological polar surface area (TPSA) is 42.3 Å². The third-order valence-electron chi connectivity index (χ3n) is 3.58. The van der Waals surface area contributed by atoms with E-state index in [0.29, 0.717) is 5.69 Å². The molecular weight excluding hydrogens is 260 g/mol. The number of aromatic nitrogens is 1. The average Bonchev–Trinajstić information content (AvgIpc) is 2.48. The van der Waals surface area contributed by atoms with E-state index in [4.69, 9.17) is 0 Å². The lowest BCUT2D eigenvalue weighted by Crippen LogP contribution is -1.91. The SMILES string of the molecule is Cc1ccc(-c2cccc3c(N=C=O)cccc23)c(C)n1. The van der Waals surface area contributed by atoms with Crippen LogP contribution in [0.3, 0.4) is 0 Å². The first kappa shape index (κ1) is 13.2. The van der Waals surface area contributed by atoms with Crippen molar-refractivity contribution >= 4 is 22.5 Å². The van der Waals surface area contributed by atoms with Crippen molar-refractivity contribution in [2.75, 3.05) is 0 Å². The predicted octanol–water partition coefficient (Wildman–Crippen LogP) is 4.49. The first-order valence-electron chi connectivity index (χ1n) is 6.75. The molecule has 0 fully saturated rings. The number of isocyanates is 1. The van der Waals surface area contributed by atoms with Gasteiger partial charge in [-0.2, -0.15) is 4.99 Å². The second-order valence-electron chi connectivity index (χ2n) is 4.97. The molecule has 3 aromatic rings. The van der Waals surface area contributed by atoms with Gasteiger partial charge in [0.1, 0.15) is 0 Å². The number of aliphatic imine (C=N–C) groups is 1. The maximum absolute atomic E-state index is 10.6. The molecule has 0 atom stereocenters. The molecule has 1 aromatic heterocycles. The Balaban J connectivity index is 2.33. The zero-order valence-electron chi connectivity index (χ0n) is 11.9. The van der Waals surface area contributed by atoms with E-state index in [-0.39, 0.29) is 0 Å². The lowest BCUT2D eigenvalue weighted by atomic mass is 9.96. The van der Waals surface area contributed by atoms with Gasteiger partial charge in [-0.1, -0.05) is 36.4 Å². The van der Waals surface area contributed by atoms with E-state index in [1.54, 1.807) is 6.08 Å². The van der Waals surface area contributed by atoms with Gasteiger partial charge in [0.15, 0.2) is 0 Å². The Morgan fingerprint density at radius 2 is 1.67 bits per heavy atom. The van der Waals surface area contributed by atoms with E-state index in [0.717, 1.165) is 33.3 Å². The van der Waals surface area contributed by atoms with Gasteiger partial charge < -0.3 is 0 Å². The van der Waals surface area contributed by atoms with E-state index >= 15 is 0 Å². The molecule has 0 unspecified atom stereocenters. The molecule has 0 bridgehead atoms. The third kappa shape index (κ3) is 2.35. The molecule has 102 valence electrons. The summed E-state index contributed by atoms with van der Waals surface area (Å²) in [6, 6.07) is 15.9. The van der Waals surface area contributed by atoms with E-state index in [1.807, 2.05) is 50.2 Å². The summed E-state index contributed by atoms with van der Waals surface area (Å²) >= 11 is 0. The molecule has 0 aliphatic carbocycles. The fraction of sp³-hybridized carbons (Fsp3) is 0.111. The minimum atomic E-state index is 0.641. The lowest BCUT2D eigenvalue weighted by molar-refractivity contribution is 0.565. The minimum Gasteiger partial charge on any atom is -0.258 e. The molecule has 1 heterocycles. The molecule has 3 nitrogen and oxygen atoms in total. The number of benzene rings is 2. The second kappa shape index (κ2) is 5.31. The quantitative estimate of drug-likeness (QED) is 0.510. The molecule has 2 aromatic carbocycles. The van der Waals surface area contributed by atoms with Crippen molar-refractivity contribution in [2.45, 2.75) is 13.8 Å². The van der Waals surface area contributed by atoms with Crippen LogP contribution in [0.15, 0.2) is 53.5 Å². The van der Waals surface area contributed by atoms with E-state index in [2.05, 4.69) is 22.1 Å². The molecule has 0 radical (unpaired) electrons. The normalized spacial score (nSPS) is 10.4. The van der Waals surface area contributed by atoms with Crippen molar-refractivity contribution in [1.29, 1.82) is 0 Å². The number of rotatable bonds is 2. The van der Waals surface area contributed by atoms with Gasteiger partial charge in [0.05, 0.1) is 5.69 Å². The van der Waals surface area contributed by atoms with Crippen molar-refractivity contribution in [1.82, 2.24) is 4.98 Å². The predicted molar refractivity (Wildman–Crippen MR) is 84.4 cm³/mol. The molecule has 0 aliphatic heterocycles. The monoisotopic (exact) mass is 274 g/mol. The molecule has 0 amide bonds. The molecule has 0 saturated carbocycles. The fourth-order valence-corrected chi connectivity index (χ4v) is 2.65. The Morgan fingerprint density at radius 3 is 2.43 bits per heavy atom. The number of carbonyl (C=O) groups excluding carboxylic acids is 1. The molecule has 0 spiro atoms. The van der Waals surface area contributed by atoms with E-state index < -0.39 is 0 Å². The molecule has 0 saturated heterocycles. The van der Waals surface area contributed by atoms with Crippen molar-refractivity contribution in [3.05, 3.63) is 59.9 Å². The summed E-state index contributed by atoms with van der Waals surface area (Å²) in [6.07, 6.45) is 1.62. The zero-order chi connectivity index (χ0) is 14.8. The molecule has 21 heavy (non-hydrogen) atoms. The first-order valence-corrected chi connectivity index (χ1v) is 6.75. The van der Waals surface area contributed by atoms with Gasteiger partial charge in [-0.3, -0.25) is 4.98 Å². The Morgan fingerprint density at radius 1 is 0.905 bits per heavy atom. The molecule has 0 N–H and O–H groups in total. The summed E-state index contributed by atoms with van der Waals surface area (Å²) < 4.78 is 0. The largest absolute Gasteiger partial charge is 0.258 e. The molecular formula is C18H14N2O. The Bertz CT molecular complexity index is 878. The Hall–Kier alpha value is -2.77. The van der Waals surface area contributed by atoms with Crippen LogP contribution in [-0.2, 0) is 4.79 Å². The summed E-state index contributed by atoms with van der Waals surface area (Å²) in [4.78, 5) is 18.9. The van der Waals surface area contributed by atoms with Crippen LogP contribution in [0, 0.1) is 13.8 Å². The van der Waals surface area contributed by atoms with Gasteiger partial charge in [0.25, 0.3) is 0 Å². The van der Waals surface area contributed by atoms with Gasteiger partial charge in [-0.05, 0) is 36.9 Å². The van der Waals surface area contributed by atoms with Gasteiger partial charge in [0, 0.05) is 22.3 Å². The van der Waals surface area contributed by atoms with Gasteiger partial charge >= 0.3 is 0 Å². The van der Waals surface area contributed by atoms with Crippen LogP contribution in [0.2, 0.25) is 0 Å². The highest BCUT2D eigenvalue weighted by molar-refractivity contribution is 6.02. The summed E-state index contributed by atoms with van der Waals surface area (Å²) in [5.74, 6) is 0. The number of aryl methyl sites for hydroxylation is 2. The smallest absolute Gasteiger partial charge is 0.240 e. The standard InChI is InChI=1S/C18H14N2O/c1-12-9-10-14(13(2)20-12)15-5-3-7-17-16(15)6-4-8-18(17)19-11-21/h3-10H,1-2H3. The van der Waals surface area contributed by atoms with Crippen LogP contribution < -0.4 is 0 Å². The van der Waals surface area contributed by atoms with Crippen LogP contribution in [-0.4, -0.2) is 11.1 Å². The van der Waals surface area contributed by atoms with Crippen LogP contribution in [0.1, 0.15) is 11.4 Å². The average molecular weight is 274 g/mol. The van der Waals surface area contributed by atoms with E-state index in [9.17, 15) is 4.79 Å². The van der Waals surface area contributed by atoms with Gasteiger partial charge in [0.2, 0.25) is 6.08 Å². The summed E-state index contributed by atoms with van der Waals surface area (Å²) in [5, 5.41) is 2.00. The number of hydrogen-bond donors (Lipinski definition) is 0. The summed E-state index contributed by atoms with van der Waals surface area (Å²) in [7, 11) is 0. The van der Waals surface area contributed by atoms with Crippen LogP contribution >= 0.6 is 0 Å². The third-order valence-corrected chi connectivity index (χ3v) is 3.58. The summed E-state index contributed by atoms with van der Waals surface area (Å²) in [6.45, 7) is 3.99. The second-order valence-corrected chi connectivity index (χ2v) is 4.97. The van der Waals surface area contributed by atoms with Crippen LogP contribution in [0.25, 0.3) is 21.9 Å². The van der Waals surface area contributed by atoms with E-state index in [1.165, 1.54) is 0 Å². The number of nitrogens with zero attached hydrogens (tertiary/aromatic N) is 2. The van der Waals surface area contributed by atoms with Crippen molar-refractivity contribution in [3.8, 4) is 11.1 Å². The lowest BCUT2D eigenvalue weighted by Gasteiger charge is -2.10. The Kier molecular flexibility index (Phi) is 3.35. The number of pyridine rings is 1. The highest BCUT2D eigenvalue weighted by Crippen LogP contribution is 2.34. The highest BCUT2D eigenvalue weighted by Gasteiger charge is 2.09. The van der Waals surface area contributed by atoms with Crippen molar-refractivity contribution < 1.29 is 4.79 Å². The maximum Gasteiger partial charge on any atom is 0.240 e. The maximum atomic E-state index is 10.6. The van der Waals surface area contributed by atoms with Crippen molar-refractivity contribution in [2.24, 2.45) is 4.99 Å². The van der Waals surface area contributed by atoms with Crippen molar-refractivity contribution in [3.63, 3.8) is 0 Å². The Labute approximate surface area is 123 Å². The molecule has 0 aliphatic rings. The van der Waals surface area contributed by atoms with Gasteiger partial charge in [-0.15, -0.1) is 0 Å². The van der Waals surface area contributed by atoms with Crippen LogP contribution in [0.5, 0.6) is 0 Å². The molecule has 3 heteroatoms. The van der Waals surface area contributed by atoms with Gasteiger partial charge in [-0.25, -0.2) is 4.79 Å². The van der Waals surface area contributed by atoms with Crippen LogP contribution in [0.4, 0.5) is 5.69 Å². The zero-order valence-corrected chi connectivity index (χ0v) is 11.9. The number of hydrogen-bond acceptors (Lipinski definition) is 3. The number of fused-ring (bicyclic) bond motifs is 1. The first-order chi connectivity index (χ1) is 10.2. The molecule has 3 rings (SSSR count).